The van der Waals surface area contributed by atoms with Gasteiger partial charge in [-0.15, -0.1) is 0 Å². The zero-order chi connectivity index (χ0) is 18.4. The lowest BCUT2D eigenvalue weighted by Crippen LogP contribution is -2.31. The average molecular weight is 353 g/mol. The molecule has 3 N–H and O–H groups in total. The molecule has 2 aliphatic rings. The first-order chi connectivity index (χ1) is 13.2. The van der Waals surface area contributed by atoms with E-state index in [1.165, 1.54) is 16.7 Å². The maximum Gasteiger partial charge on any atom is 0.251 e. The monoisotopic (exact) mass is 353 g/mol. The molecule has 0 radical (unpaired) electrons. The van der Waals surface area contributed by atoms with Crippen LogP contribution in [-0.4, -0.2) is 17.4 Å². The molecule has 0 atom stereocenters. The SMILES string of the molecule is Nc1ncc(-c2cccc3c2C=CC3)cc1-c1ccc2c(c1)CCNC2=O. The Bertz CT molecular complexity index is 1110. The van der Waals surface area contributed by atoms with Gasteiger partial charge >= 0.3 is 0 Å². The van der Waals surface area contributed by atoms with Crippen molar-refractivity contribution < 1.29 is 4.79 Å². The number of nitrogens with zero attached hydrogens (tertiary/aromatic N) is 1. The second-order valence-corrected chi connectivity index (χ2v) is 7.02. The Hall–Kier alpha value is -3.40. The largest absolute Gasteiger partial charge is 0.383 e. The highest BCUT2D eigenvalue weighted by atomic mass is 16.1. The minimum atomic E-state index is -0.00529. The van der Waals surface area contributed by atoms with Gasteiger partial charge in [-0.25, -0.2) is 4.98 Å². The van der Waals surface area contributed by atoms with Crippen molar-refractivity contribution in [1.29, 1.82) is 0 Å². The lowest BCUT2D eigenvalue weighted by atomic mass is 9.93. The number of anilines is 1. The number of hydrogen-bond acceptors (Lipinski definition) is 3. The summed E-state index contributed by atoms with van der Waals surface area (Å²) in [5.74, 6) is 0.497. The molecular weight excluding hydrogens is 334 g/mol. The summed E-state index contributed by atoms with van der Waals surface area (Å²) >= 11 is 0. The number of pyridine rings is 1. The van der Waals surface area contributed by atoms with Crippen LogP contribution in [0.25, 0.3) is 28.3 Å². The minimum Gasteiger partial charge on any atom is -0.383 e. The number of amides is 1. The summed E-state index contributed by atoms with van der Waals surface area (Å²) in [7, 11) is 0. The molecule has 5 rings (SSSR count). The Kier molecular flexibility index (Phi) is 3.57. The fourth-order valence-electron chi connectivity index (χ4n) is 3.99. The molecule has 0 saturated carbocycles. The summed E-state index contributed by atoms with van der Waals surface area (Å²) in [5.41, 5.74) is 14.7. The number of aromatic nitrogens is 1. The summed E-state index contributed by atoms with van der Waals surface area (Å²) in [4.78, 5) is 16.5. The van der Waals surface area contributed by atoms with Crippen LogP contribution in [0, 0.1) is 0 Å². The molecule has 0 fully saturated rings. The molecular formula is C23H19N3O. The van der Waals surface area contributed by atoms with E-state index in [9.17, 15) is 4.79 Å². The van der Waals surface area contributed by atoms with Crippen molar-refractivity contribution in [2.75, 3.05) is 12.3 Å². The summed E-state index contributed by atoms with van der Waals surface area (Å²) < 4.78 is 0. The topological polar surface area (TPSA) is 68.0 Å². The molecule has 0 saturated heterocycles. The first-order valence-corrected chi connectivity index (χ1v) is 9.16. The van der Waals surface area contributed by atoms with E-state index in [2.05, 4.69) is 52.8 Å². The van der Waals surface area contributed by atoms with Crippen LogP contribution < -0.4 is 11.1 Å². The van der Waals surface area contributed by atoms with E-state index in [0.29, 0.717) is 12.4 Å². The van der Waals surface area contributed by atoms with Gasteiger partial charge in [0.25, 0.3) is 5.91 Å². The maximum atomic E-state index is 12.0. The van der Waals surface area contributed by atoms with Gasteiger partial charge in [0, 0.05) is 29.4 Å². The summed E-state index contributed by atoms with van der Waals surface area (Å²) in [6, 6.07) is 14.4. The zero-order valence-corrected chi connectivity index (χ0v) is 14.8. The van der Waals surface area contributed by atoms with Crippen LogP contribution >= 0.6 is 0 Å². The van der Waals surface area contributed by atoms with E-state index < -0.39 is 0 Å². The van der Waals surface area contributed by atoms with E-state index in [-0.39, 0.29) is 5.91 Å². The van der Waals surface area contributed by atoms with E-state index in [0.717, 1.165) is 40.7 Å². The molecule has 27 heavy (non-hydrogen) atoms. The molecule has 4 nitrogen and oxygen atoms in total. The van der Waals surface area contributed by atoms with Crippen molar-refractivity contribution in [3.8, 4) is 22.3 Å². The normalized spacial score (nSPS) is 14.6. The average Bonchev–Trinajstić information content (AvgIpc) is 3.17. The van der Waals surface area contributed by atoms with Gasteiger partial charge in [-0.3, -0.25) is 4.79 Å². The predicted molar refractivity (Wildman–Crippen MR) is 108 cm³/mol. The van der Waals surface area contributed by atoms with Gasteiger partial charge in [0.1, 0.15) is 5.82 Å². The van der Waals surface area contributed by atoms with Crippen LogP contribution in [0.3, 0.4) is 0 Å². The maximum absolute atomic E-state index is 12.0. The third-order valence-electron chi connectivity index (χ3n) is 5.39. The molecule has 1 amide bonds. The molecule has 1 aliphatic carbocycles. The molecule has 0 spiro atoms. The minimum absolute atomic E-state index is 0.00529. The van der Waals surface area contributed by atoms with Crippen molar-refractivity contribution in [2.45, 2.75) is 12.8 Å². The quantitative estimate of drug-likeness (QED) is 0.735. The van der Waals surface area contributed by atoms with Crippen molar-refractivity contribution in [3.63, 3.8) is 0 Å². The number of nitrogens with two attached hydrogens (primary N) is 1. The number of carbonyl (C=O) groups excluding carboxylic acids is 1. The zero-order valence-electron chi connectivity index (χ0n) is 14.8. The number of nitrogen functional groups attached to an aromatic ring is 1. The second-order valence-electron chi connectivity index (χ2n) is 7.02. The van der Waals surface area contributed by atoms with Crippen LogP contribution in [0.4, 0.5) is 5.82 Å². The van der Waals surface area contributed by atoms with Crippen LogP contribution in [0.15, 0.2) is 54.7 Å². The summed E-state index contributed by atoms with van der Waals surface area (Å²) in [5, 5.41) is 2.88. The first kappa shape index (κ1) is 15.8. The van der Waals surface area contributed by atoms with Gasteiger partial charge in [-0.1, -0.05) is 42.5 Å². The molecule has 0 bridgehead atoms. The molecule has 0 unspecified atom stereocenters. The van der Waals surface area contributed by atoms with Gasteiger partial charge in [-0.05, 0) is 52.8 Å². The van der Waals surface area contributed by atoms with Crippen LogP contribution in [0.2, 0.25) is 0 Å². The van der Waals surface area contributed by atoms with E-state index in [1.807, 2.05) is 18.3 Å². The molecule has 4 heteroatoms. The summed E-state index contributed by atoms with van der Waals surface area (Å²) in [6.07, 6.45) is 8.02. The highest BCUT2D eigenvalue weighted by Crippen LogP contribution is 2.35. The third kappa shape index (κ3) is 2.61. The molecule has 1 aliphatic heterocycles. The number of rotatable bonds is 2. The molecule has 2 heterocycles. The van der Waals surface area contributed by atoms with Crippen LogP contribution in [0.1, 0.15) is 27.0 Å². The molecule has 1 aromatic heterocycles. The molecule has 132 valence electrons. The Morgan fingerprint density at radius 2 is 1.89 bits per heavy atom. The van der Waals surface area contributed by atoms with Crippen molar-refractivity contribution in [1.82, 2.24) is 10.3 Å². The van der Waals surface area contributed by atoms with Gasteiger partial charge in [0.2, 0.25) is 0 Å². The number of hydrogen-bond donors (Lipinski definition) is 2. The number of allylic oxidation sites excluding steroid dienone is 1. The van der Waals surface area contributed by atoms with Crippen molar-refractivity contribution >= 4 is 17.8 Å². The number of nitrogens with one attached hydrogen (secondary N) is 1. The van der Waals surface area contributed by atoms with Gasteiger partial charge in [0.05, 0.1) is 0 Å². The van der Waals surface area contributed by atoms with Crippen LogP contribution in [0.5, 0.6) is 0 Å². The fraction of sp³-hybridized carbons (Fsp3) is 0.130. The number of benzene rings is 2. The van der Waals surface area contributed by atoms with E-state index in [1.54, 1.807) is 0 Å². The highest BCUT2D eigenvalue weighted by molar-refractivity contribution is 5.97. The predicted octanol–water partition coefficient (Wildman–Crippen LogP) is 3.85. The Balaban J connectivity index is 1.63. The molecule has 2 aromatic carbocycles. The fourth-order valence-corrected chi connectivity index (χ4v) is 3.99. The van der Waals surface area contributed by atoms with E-state index >= 15 is 0 Å². The number of fused-ring (bicyclic) bond motifs is 2. The van der Waals surface area contributed by atoms with Crippen LogP contribution in [-0.2, 0) is 12.8 Å². The second kappa shape index (κ2) is 6.09. The Labute approximate surface area is 157 Å². The number of carbonyl (C=O) groups is 1. The molecule has 3 aromatic rings. The third-order valence-corrected chi connectivity index (χ3v) is 5.39. The van der Waals surface area contributed by atoms with Crippen molar-refractivity contribution in [2.24, 2.45) is 0 Å². The Morgan fingerprint density at radius 3 is 2.81 bits per heavy atom. The van der Waals surface area contributed by atoms with Gasteiger partial charge in [-0.2, -0.15) is 0 Å². The van der Waals surface area contributed by atoms with Gasteiger partial charge in [0.15, 0.2) is 0 Å². The first-order valence-electron chi connectivity index (χ1n) is 9.16. The van der Waals surface area contributed by atoms with E-state index in [4.69, 9.17) is 5.73 Å². The lowest BCUT2D eigenvalue weighted by Gasteiger charge is -2.18. The van der Waals surface area contributed by atoms with Gasteiger partial charge < -0.3 is 11.1 Å². The van der Waals surface area contributed by atoms with Crippen molar-refractivity contribution in [3.05, 3.63) is 77.0 Å². The summed E-state index contributed by atoms with van der Waals surface area (Å²) in [6.45, 7) is 0.672. The highest BCUT2D eigenvalue weighted by Gasteiger charge is 2.18. The standard InChI is InChI=1S/C23H19N3O/c24-22-21(15-7-8-20-16(11-15)9-10-25-23(20)27)12-17(13-26-22)19-6-2-4-14-3-1-5-18(14)19/h1-2,4-8,11-13H,3,9-10H2,(H2,24,26)(H,25,27). The smallest absolute Gasteiger partial charge is 0.251 e. The Morgan fingerprint density at radius 1 is 0.963 bits per heavy atom. The lowest BCUT2D eigenvalue weighted by molar-refractivity contribution is 0.0946.